The number of likely N-dealkylation sites (tertiary alicyclic amines) is 1. The number of amides is 1. The first-order chi connectivity index (χ1) is 10.6. The van der Waals surface area contributed by atoms with E-state index in [0.29, 0.717) is 6.42 Å². The number of carbonyl (C=O) groups is 2. The van der Waals surface area contributed by atoms with Crippen LogP contribution in [0.1, 0.15) is 25.7 Å². The standard InChI is InChI=1S/C17H21NO3S/c19-15(6-11-22-13-4-2-1-3-5-13)18-9-7-17(8-10-18)12-14(17)16(20)21/h1-5,14H,6-12H2,(H,20,21). The third-order valence-electron chi connectivity index (χ3n) is 4.93. The molecular formula is C17H21NO3S. The summed E-state index contributed by atoms with van der Waals surface area (Å²) < 4.78 is 0. The summed E-state index contributed by atoms with van der Waals surface area (Å²) >= 11 is 1.70. The Hall–Kier alpha value is -1.49. The molecule has 0 aromatic heterocycles. The summed E-state index contributed by atoms with van der Waals surface area (Å²) in [5, 5.41) is 9.09. The van der Waals surface area contributed by atoms with E-state index in [1.165, 1.54) is 4.90 Å². The molecule has 22 heavy (non-hydrogen) atoms. The van der Waals surface area contributed by atoms with Gasteiger partial charge in [-0.15, -0.1) is 11.8 Å². The van der Waals surface area contributed by atoms with Crippen LogP contribution in [-0.4, -0.2) is 40.7 Å². The van der Waals surface area contributed by atoms with Gasteiger partial charge in [-0.05, 0) is 36.8 Å². The first-order valence-electron chi connectivity index (χ1n) is 7.79. The molecular weight excluding hydrogens is 298 g/mol. The van der Waals surface area contributed by atoms with Crippen LogP contribution in [0.25, 0.3) is 0 Å². The number of aliphatic carboxylic acids is 1. The van der Waals surface area contributed by atoms with Crippen molar-refractivity contribution in [2.45, 2.75) is 30.6 Å². The zero-order chi connectivity index (χ0) is 15.6. The first-order valence-corrected chi connectivity index (χ1v) is 8.78. The van der Waals surface area contributed by atoms with Crippen molar-refractivity contribution < 1.29 is 14.7 Å². The van der Waals surface area contributed by atoms with Crippen molar-refractivity contribution in [2.24, 2.45) is 11.3 Å². The van der Waals surface area contributed by atoms with Crippen LogP contribution in [0.15, 0.2) is 35.2 Å². The zero-order valence-corrected chi connectivity index (χ0v) is 13.3. The Kier molecular flexibility index (Phi) is 4.43. The van der Waals surface area contributed by atoms with E-state index in [0.717, 1.165) is 38.1 Å². The lowest BCUT2D eigenvalue weighted by Gasteiger charge is -2.32. The van der Waals surface area contributed by atoms with E-state index in [9.17, 15) is 9.59 Å². The maximum Gasteiger partial charge on any atom is 0.307 e. The minimum Gasteiger partial charge on any atom is -0.481 e. The zero-order valence-electron chi connectivity index (χ0n) is 12.5. The van der Waals surface area contributed by atoms with Gasteiger partial charge in [0.2, 0.25) is 5.91 Å². The highest BCUT2D eigenvalue weighted by Gasteiger charge is 2.59. The van der Waals surface area contributed by atoms with Gasteiger partial charge in [0.05, 0.1) is 5.92 Å². The molecule has 1 spiro atoms. The summed E-state index contributed by atoms with van der Waals surface area (Å²) in [5.41, 5.74) is 0.00139. The number of rotatable bonds is 5. The van der Waals surface area contributed by atoms with Crippen molar-refractivity contribution in [3.63, 3.8) is 0 Å². The summed E-state index contributed by atoms with van der Waals surface area (Å²) in [5.74, 6) is 0.158. The van der Waals surface area contributed by atoms with Crippen LogP contribution in [-0.2, 0) is 9.59 Å². The summed E-state index contributed by atoms with van der Waals surface area (Å²) in [6, 6.07) is 10.1. The molecule has 1 saturated heterocycles. The Morgan fingerprint density at radius 3 is 2.50 bits per heavy atom. The smallest absolute Gasteiger partial charge is 0.307 e. The molecule has 5 heteroatoms. The Morgan fingerprint density at radius 1 is 1.23 bits per heavy atom. The molecule has 0 bridgehead atoms. The molecule has 1 atom stereocenters. The van der Waals surface area contributed by atoms with Crippen molar-refractivity contribution in [3.05, 3.63) is 30.3 Å². The number of hydrogen-bond donors (Lipinski definition) is 1. The summed E-state index contributed by atoms with van der Waals surface area (Å²) in [6.07, 6.45) is 3.05. The van der Waals surface area contributed by atoms with E-state index < -0.39 is 5.97 Å². The van der Waals surface area contributed by atoms with Crippen LogP contribution in [0.4, 0.5) is 0 Å². The van der Waals surface area contributed by atoms with Crippen molar-refractivity contribution in [1.29, 1.82) is 0 Å². The van der Waals surface area contributed by atoms with Gasteiger partial charge in [-0.3, -0.25) is 9.59 Å². The molecule has 4 nitrogen and oxygen atoms in total. The van der Waals surface area contributed by atoms with Gasteiger partial charge in [0.25, 0.3) is 0 Å². The first kappa shape index (κ1) is 15.4. The Bertz CT molecular complexity index is 552. The second-order valence-electron chi connectivity index (χ2n) is 6.25. The third-order valence-corrected chi connectivity index (χ3v) is 5.94. The van der Waals surface area contributed by atoms with Gasteiger partial charge < -0.3 is 10.0 Å². The molecule has 0 radical (unpaired) electrons. The number of piperidine rings is 1. The predicted octanol–water partition coefficient (Wildman–Crippen LogP) is 2.88. The second kappa shape index (κ2) is 6.32. The topological polar surface area (TPSA) is 57.6 Å². The highest BCUT2D eigenvalue weighted by molar-refractivity contribution is 7.99. The number of hydrogen-bond acceptors (Lipinski definition) is 3. The highest BCUT2D eigenvalue weighted by atomic mass is 32.2. The van der Waals surface area contributed by atoms with E-state index in [-0.39, 0.29) is 17.2 Å². The molecule has 1 unspecified atom stereocenters. The molecule has 1 saturated carbocycles. The maximum absolute atomic E-state index is 12.2. The van der Waals surface area contributed by atoms with Gasteiger partial charge in [0.15, 0.2) is 0 Å². The molecule has 118 valence electrons. The molecule has 1 N–H and O–H groups in total. The molecule has 1 aromatic rings. The van der Waals surface area contributed by atoms with Crippen LogP contribution in [0.2, 0.25) is 0 Å². The molecule has 1 aliphatic heterocycles. The largest absolute Gasteiger partial charge is 0.481 e. The SMILES string of the molecule is O=C(O)C1CC12CCN(C(=O)CCSc1ccccc1)CC2. The molecule has 2 fully saturated rings. The lowest BCUT2D eigenvalue weighted by molar-refractivity contribution is -0.139. The van der Waals surface area contributed by atoms with Crippen molar-refractivity contribution >= 4 is 23.6 Å². The second-order valence-corrected chi connectivity index (χ2v) is 7.42. The molecule has 2 aliphatic rings. The molecule has 1 aliphatic carbocycles. The highest BCUT2D eigenvalue weighted by Crippen LogP contribution is 2.59. The Labute approximate surface area is 134 Å². The van der Waals surface area contributed by atoms with Gasteiger partial charge in [0, 0.05) is 30.2 Å². The molecule has 1 amide bonds. The summed E-state index contributed by atoms with van der Waals surface area (Å²) in [6.45, 7) is 1.44. The van der Waals surface area contributed by atoms with Gasteiger partial charge in [0.1, 0.15) is 0 Å². The van der Waals surface area contributed by atoms with Crippen LogP contribution in [0, 0.1) is 11.3 Å². The summed E-state index contributed by atoms with van der Waals surface area (Å²) in [7, 11) is 0. The fraction of sp³-hybridized carbons (Fsp3) is 0.529. The van der Waals surface area contributed by atoms with E-state index >= 15 is 0 Å². The Balaban J connectivity index is 1.40. The van der Waals surface area contributed by atoms with Crippen LogP contribution < -0.4 is 0 Å². The van der Waals surface area contributed by atoms with E-state index in [1.54, 1.807) is 11.8 Å². The van der Waals surface area contributed by atoms with Crippen LogP contribution >= 0.6 is 11.8 Å². The fourth-order valence-electron chi connectivity index (χ4n) is 3.38. The number of carboxylic acids is 1. The van der Waals surface area contributed by atoms with Gasteiger partial charge >= 0.3 is 5.97 Å². The maximum atomic E-state index is 12.2. The predicted molar refractivity (Wildman–Crippen MR) is 85.8 cm³/mol. The van der Waals surface area contributed by atoms with E-state index in [4.69, 9.17) is 5.11 Å². The van der Waals surface area contributed by atoms with Crippen molar-refractivity contribution in [3.8, 4) is 0 Å². The summed E-state index contributed by atoms with van der Waals surface area (Å²) in [4.78, 5) is 26.4. The quantitative estimate of drug-likeness (QED) is 0.848. The van der Waals surface area contributed by atoms with Crippen LogP contribution in [0.5, 0.6) is 0 Å². The molecule has 3 rings (SSSR count). The van der Waals surface area contributed by atoms with Gasteiger partial charge in [-0.1, -0.05) is 18.2 Å². The average molecular weight is 319 g/mol. The third kappa shape index (κ3) is 3.29. The van der Waals surface area contributed by atoms with E-state index in [1.807, 2.05) is 23.1 Å². The van der Waals surface area contributed by atoms with Crippen LogP contribution in [0.3, 0.4) is 0 Å². The number of carbonyl (C=O) groups excluding carboxylic acids is 1. The van der Waals surface area contributed by atoms with E-state index in [2.05, 4.69) is 12.1 Å². The number of nitrogens with zero attached hydrogens (tertiary/aromatic N) is 1. The lowest BCUT2D eigenvalue weighted by atomic mass is 9.90. The Morgan fingerprint density at radius 2 is 1.91 bits per heavy atom. The van der Waals surface area contributed by atoms with Crippen molar-refractivity contribution in [2.75, 3.05) is 18.8 Å². The van der Waals surface area contributed by atoms with Crippen molar-refractivity contribution in [1.82, 2.24) is 4.90 Å². The molecule has 1 heterocycles. The van der Waals surface area contributed by atoms with Gasteiger partial charge in [-0.2, -0.15) is 0 Å². The number of thioether (sulfide) groups is 1. The van der Waals surface area contributed by atoms with Gasteiger partial charge in [-0.25, -0.2) is 0 Å². The number of carboxylic acid groups (broad SMARTS) is 1. The lowest BCUT2D eigenvalue weighted by Crippen LogP contribution is -2.40. The normalized spacial score (nSPS) is 22.5. The minimum absolute atomic E-state index is 0.00139. The number of benzene rings is 1. The minimum atomic E-state index is -0.668. The fourth-order valence-corrected chi connectivity index (χ4v) is 4.24. The molecule has 1 aromatic carbocycles. The monoisotopic (exact) mass is 319 g/mol. The average Bonchev–Trinajstić information content (AvgIpc) is 3.23.